The lowest BCUT2D eigenvalue weighted by molar-refractivity contribution is -0.116. The predicted molar refractivity (Wildman–Crippen MR) is 31.0 cm³/mol. The summed E-state index contributed by atoms with van der Waals surface area (Å²) in [4.78, 5) is 9.81. The molecule has 7 heavy (non-hydrogen) atoms. The van der Waals surface area contributed by atoms with Crippen LogP contribution in [0.2, 0.25) is 0 Å². The highest BCUT2D eigenvalue weighted by atomic mass is 16.1. The molecule has 3 heteroatoms. The van der Waals surface area contributed by atoms with Gasteiger partial charge in [-0.3, -0.25) is 0 Å². The van der Waals surface area contributed by atoms with E-state index in [0.29, 0.717) is 6.42 Å². The van der Waals surface area contributed by atoms with Crippen molar-refractivity contribution < 1.29 is 4.79 Å². The van der Waals surface area contributed by atoms with Crippen molar-refractivity contribution in [3.05, 3.63) is 0 Å². The second-order valence-corrected chi connectivity index (χ2v) is 1.06. The van der Waals surface area contributed by atoms with Gasteiger partial charge in [-0.1, -0.05) is 6.92 Å². The molecule has 0 fully saturated rings. The molecule has 0 aliphatic heterocycles. The lowest BCUT2D eigenvalue weighted by Gasteiger charge is -1.71. The minimum atomic E-state index is 0. The predicted octanol–water partition coefficient (Wildman–Crippen LogP) is 1.31. The van der Waals surface area contributed by atoms with Crippen molar-refractivity contribution in [2.45, 2.75) is 20.3 Å². The van der Waals surface area contributed by atoms with E-state index in [4.69, 9.17) is 0 Å². The molecule has 0 atom stereocenters. The number of hydrogen-bond acceptors (Lipinski definition) is 3. The van der Waals surface area contributed by atoms with Crippen molar-refractivity contribution >= 4 is 5.78 Å². The maximum Gasteiger partial charge on any atom is 0.129 e. The average molecular weight is 106 g/mol. The van der Waals surface area contributed by atoms with Gasteiger partial charge in [-0.05, 0) is 6.92 Å². The highest BCUT2D eigenvalue weighted by Gasteiger charge is 1.76. The first kappa shape index (κ1) is 16.0. The average Bonchev–Trinajstić information content (AvgIpc) is 1.38. The van der Waals surface area contributed by atoms with Crippen LogP contribution in [0.25, 0.3) is 0 Å². The molecule has 0 rings (SSSR count). The van der Waals surface area contributed by atoms with Crippen molar-refractivity contribution in [2.75, 3.05) is 0 Å². The molecule has 0 aromatic carbocycles. The Bertz CT molecular complexity index is 45.0. The Morgan fingerprint density at radius 2 is 1.57 bits per heavy atom. The van der Waals surface area contributed by atoms with Gasteiger partial charge < -0.3 is 17.1 Å². The number of rotatable bonds is 1. The molecular weight excluding hydrogens is 92.1 g/mol. The summed E-state index contributed by atoms with van der Waals surface area (Å²) < 4.78 is 0. The first-order valence-electron chi connectivity index (χ1n) is 1.76. The molecule has 0 radical (unpaired) electrons. The van der Waals surface area contributed by atoms with Crippen molar-refractivity contribution in [1.29, 1.82) is 0 Å². The molecule has 46 valence electrons. The summed E-state index contributed by atoms with van der Waals surface area (Å²) in [6.45, 7) is 3.43. The third-order valence-corrected chi connectivity index (χ3v) is 0.498. The van der Waals surface area contributed by atoms with E-state index in [1.165, 1.54) is 0 Å². The fourth-order valence-corrected chi connectivity index (χ4v) is 0. The molecule has 0 heterocycles. The van der Waals surface area contributed by atoms with Crippen LogP contribution in [0.5, 0.6) is 0 Å². The molecular formula is C4H14N2O. The molecule has 0 saturated carbocycles. The van der Waals surface area contributed by atoms with Crippen molar-refractivity contribution in [1.82, 2.24) is 12.3 Å². The second-order valence-electron chi connectivity index (χ2n) is 1.06. The van der Waals surface area contributed by atoms with E-state index >= 15 is 0 Å². The monoisotopic (exact) mass is 106 g/mol. The van der Waals surface area contributed by atoms with Crippen LogP contribution in [-0.4, -0.2) is 5.78 Å². The SMILES string of the molecule is CCC(C)=O.N.N. The fourth-order valence-electron chi connectivity index (χ4n) is 0. The van der Waals surface area contributed by atoms with E-state index < -0.39 is 0 Å². The quantitative estimate of drug-likeness (QED) is 0.528. The minimum absolute atomic E-state index is 0. The smallest absolute Gasteiger partial charge is 0.129 e. The van der Waals surface area contributed by atoms with Crippen LogP contribution in [0.15, 0.2) is 0 Å². The highest BCUT2D eigenvalue weighted by molar-refractivity contribution is 5.74. The maximum atomic E-state index is 9.81. The molecule has 0 aliphatic carbocycles. The van der Waals surface area contributed by atoms with Crippen molar-refractivity contribution in [3.63, 3.8) is 0 Å². The van der Waals surface area contributed by atoms with Gasteiger partial charge in [0.25, 0.3) is 0 Å². The summed E-state index contributed by atoms with van der Waals surface area (Å²) in [5.74, 6) is 0.255. The van der Waals surface area contributed by atoms with Gasteiger partial charge >= 0.3 is 0 Å². The third-order valence-electron chi connectivity index (χ3n) is 0.498. The second kappa shape index (κ2) is 9.14. The molecule has 0 spiro atoms. The molecule has 0 saturated heterocycles. The van der Waals surface area contributed by atoms with Gasteiger partial charge in [-0.25, -0.2) is 0 Å². The number of carbonyl (C=O) groups excluding carboxylic acids is 1. The lowest BCUT2D eigenvalue weighted by Crippen LogP contribution is -1.80. The summed E-state index contributed by atoms with van der Waals surface area (Å²) in [7, 11) is 0. The first-order chi connectivity index (χ1) is 2.27. The normalized spacial score (nSPS) is 5.43. The summed E-state index contributed by atoms with van der Waals surface area (Å²) in [5.41, 5.74) is 0. The van der Waals surface area contributed by atoms with Gasteiger partial charge in [0, 0.05) is 6.42 Å². The standard InChI is InChI=1S/C4H8O.2H3N/c1-3-4(2)5;;/h3H2,1-2H3;2*1H3. The van der Waals surface area contributed by atoms with Crippen LogP contribution in [0.1, 0.15) is 20.3 Å². The summed E-state index contributed by atoms with van der Waals surface area (Å²) in [5, 5.41) is 0. The van der Waals surface area contributed by atoms with Crippen LogP contribution in [0.3, 0.4) is 0 Å². The van der Waals surface area contributed by atoms with E-state index in [-0.39, 0.29) is 18.1 Å². The Kier molecular flexibility index (Phi) is 20.9. The Balaban J connectivity index is -0.0000000800. The van der Waals surface area contributed by atoms with Gasteiger partial charge in [-0.2, -0.15) is 0 Å². The molecule has 0 unspecified atom stereocenters. The van der Waals surface area contributed by atoms with Gasteiger partial charge in [0.1, 0.15) is 5.78 Å². The zero-order valence-corrected chi connectivity index (χ0v) is 5.03. The Labute approximate surface area is 44.3 Å². The van der Waals surface area contributed by atoms with E-state index in [9.17, 15) is 4.79 Å². The summed E-state index contributed by atoms with van der Waals surface area (Å²) in [6, 6.07) is 0. The third kappa shape index (κ3) is 28.5. The maximum absolute atomic E-state index is 9.81. The van der Waals surface area contributed by atoms with Crippen LogP contribution >= 0.6 is 0 Å². The number of Topliss-reactive ketones (excluding diaryl/α,β-unsaturated/α-hetero) is 1. The molecule has 0 aliphatic rings. The van der Waals surface area contributed by atoms with E-state index in [1.54, 1.807) is 6.92 Å². The van der Waals surface area contributed by atoms with Crippen LogP contribution in [0, 0.1) is 0 Å². The molecule has 0 aromatic heterocycles. The first-order valence-corrected chi connectivity index (χ1v) is 1.76. The lowest BCUT2D eigenvalue weighted by atomic mass is 10.4. The van der Waals surface area contributed by atoms with Gasteiger partial charge in [-0.15, -0.1) is 0 Å². The van der Waals surface area contributed by atoms with E-state index in [1.807, 2.05) is 6.92 Å². The largest absolute Gasteiger partial charge is 0.344 e. The number of carbonyl (C=O) groups is 1. The Morgan fingerprint density at radius 3 is 1.57 bits per heavy atom. The Hall–Kier alpha value is -0.410. The van der Waals surface area contributed by atoms with Gasteiger partial charge in [0.05, 0.1) is 0 Å². The molecule has 0 bridgehead atoms. The minimum Gasteiger partial charge on any atom is -0.344 e. The van der Waals surface area contributed by atoms with Gasteiger partial charge in [0.15, 0.2) is 0 Å². The number of ketones is 1. The van der Waals surface area contributed by atoms with Crippen LogP contribution < -0.4 is 12.3 Å². The van der Waals surface area contributed by atoms with Crippen molar-refractivity contribution in [3.8, 4) is 0 Å². The fraction of sp³-hybridized carbons (Fsp3) is 0.750. The number of hydrogen-bond donors (Lipinski definition) is 2. The molecule has 3 nitrogen and oxygen atoms in total. The van der Waals surface area contributed by atoms with Crippen LogP contribution in [-0.2, 0) is 4.79 Å². The highest BCUT2D eigenvalue weighted by Crippen LogP contribution is 1.71. The van der Waals surface area contributed by atoms with Gasteiger partial charge in [0.2, 0.25) is 0 Å². The molecule has 0 amide bonds. The zero-order chi connectivity index (χ0) is 4.28. The summed E-state index contributed by atoms with van der Waals surface area (Å²) in [6.07, 6.45) is 0.667. The van der Waals surface area contributed by atoms with Crippen molar-refractivity contribution in [2.24, 2.45) is 0 Å². The zero-order valence-electron chi connectivity index (χ0n) is 5.03. The van der Waals surface area contributed by atoms with E-state index in [2.05, 4.69) is 0 Å². The molecule has 6 N–H and O–H groups in total. The van der Waals surface area contributed by atoms with E-state index in [0.717, 1.165) is 0 Å². The summed E-state index contributed by atoms with van der Waals surface area (Å²) >= 11 is 0. The van der Waals surface area contributed by atoms with Crippen LogP contribution in [0.4, 0.5) is 0 Å². The molecule has 0 aromatic rings. The topological polar surface area (TPSA) is 87.1 Å². The Morgan fingerprint density at radius 1 is 1.43 bits per heavy atom.